The highest BCUT2D eigenvalue weighted by Crippen LogP contribution is 2.13. The Labute approximate surface area is 118 Å². The number of halogens is 1. The van der Waals surface area contributed by atoms with Gasteiger partial charge in [-0.15, -0.1) is 0 Å². The van der Waals surface area contributed by atoms with Gasteiger partial charge in [0.25, 0.3) is 0 Å². The highest BCUT2D eigenvalue weighted by Gasteiger charge is 2.15. The predicted octanol–water partition coefficient (Wildman–Crippen LogP) is 3.36. The molecule has 2 aromatic rings. The molecule has 3 nitrogen and oxygen atoms in total. The third-order valence-electron chi connectivity index (χ3n) is 3.19. The van der Waals surface area contributed by atoms with E-state index >= 15 is 0 Å². The summed E-state index contributed by atoms with van der Waals surface area (Å²) in [5.41, 5.74) is 2.53. The second kappa shape index (κ2) is 6.37. The first kappa shape index (κ1) is 14.3. The van der Waals surface area contributed by atoms with Crippen LogP contribution in [0.3, 0.4) is 0 Å². The van der Waals surface area contributed by atoms with Gasteiger partial charge in [-0.25, -0.2) is 9.18 Å². The van der Waals surface area contributed by atoms with E-state index in [9.17, 15) is 9.18 Å². The second-order valence-electron chi connectivity index (χ2n) is 4.64. The average Bonchev–Trinajstić information content (AvgIpc) is 2.79. The van der Waals surface area contributed by atoms with Crippen LogP contribution in [0, 0.1) is 12.7 Å². The van der Waals surface area contributed by atoms with Crippen molar-refractivity contribution in [2.45, 2.75) is 26.8 Å². The third kappa shape index (κ3) is 3.26. The SMILES string of the molecule is CCOC(=O)c1c(C)ccn1CCc1ccc(F)cc1. The highest BCUT2D eigenvalue weighted by molar-refractivity contribution is 5.89. The first-order valence-electron chi connectivity index (χ1n) is 6.69. The molecule has 0 saturated heterocycles. The van der Waals surface area contributed by atoms with E-state index in [2.05, 4.69) is 0 Å². The first-order chi connectivity index (χ1) is 9.61. The van der Waals surface area contributed by atoms with Crippen LogP contribution in [0.25, 0.3) is 0 Å². The minimum atomic E-state index is -0.297. The van der Waals surface area contributed by atoms with Gasteiger partial charge in [0.1, 0.15) is 11.5 Å². The van der Waals surface area contributed by atoms with Gasteiger partial charge in [0, 0.05) is 12.7 Å². The Morgan fingerprint density at radius 2 is 1.95 bits per heavy atom. The summed E-state index contributed by atoms with van der Waals surface area (Å²) in [6, 6.07) is 8.31. The minimum Gasteiger partial charge on any atom is -0.461 e. The van der Waals surface area contributed by atoms with Crippen molar-refractivity contribution in [3.63, 3.8) is 0 Å². The fraction of sp³-hybridized carbons (Fsp3) is 0.312. The molecule has 0 aliphatic heterocycles. The van der Waals surface area contributed by atoms with Crippen molar-refractivity contribution in [2.75, 3.05) is 6.61 Å². The number of aromatic nitrogens is 1. The van der Waals surface area contributed by atoms with E-state index in [4.69, 9.17) is 4.74 Å². The maximum absolute atomic E-state index is 12.8. The molecule has 1 heterocycles. The third-order valence-corrected chi connectivity index (χ3v) is 3.19. The highest BCUT2D eigenvalue weighted by atomic mass is 19.1. The zero-order chi connectivity index (χ0) is 14.5. The smallest absolute Gasteiger partial charge is 0.355 e. The fourth-order valence-corrected chi connectivity index (χ4v) is 2.15. The van der Waals surface area contributed by atoms with Crippen LogP contribution >= 0.6 is 0 Å². The fourth-order valence-electron chi connectivity index (χ4n) is 2.15. The van der Waals surface area contributed by atoms with Crippen LogP contribution < -0.4 is 0 Å². The number of aryl methyl sites for hydroxylation is 3. The van der Waals surface area contributed by atoms with E-state index in [1.165, 1.54) is 12.1 Å². The Morgan fingerprint density at radius 3 is 2.60 bits per heavy atom. The average molecular weight is 275 g/mol. The van der Waals surface area contributed by atoms with E-state index in [1.807, 2.05) is 23.8 Å². The van der Waals surface area contributed by atoms with Crippen LogP contribution in [-0.2, 0) is 17.7 Å². The van der Waals surface area contributed by atoms with Gasteiger partial charge < -0.3 is 9.30 Å². The summed E-state index contributed by atoms with van der Waals surface area (Å²) < 4.78 is 19.8. The molecule has 0 amide bonds. The quantitative estimate of drug-likeness (QED) is 0.783. The lowest BCUT2D eigenvalue weighted by molar-refractivity contribution is 0.0513. The zero-order valence-corrected chi connectivity index (χ0v) is 11.7. The van der Waals surface area contributed by atoms with Crippen molar-refractivity contribution in [3.8, 4) is 0 Å². The number of hydrogen-bond acceptors (Lipinski definition) is 2. The van der Waals surface area contributed by atoms with Gasteiger partial charge in [0.15, 0.2) is 0 Å². The summed E-state index contributed by atoms with van der Waals surface area (Å²) in [5, 5.41) is 0. The molecule has 4 heteroatoms. The Balaban J connectivity index is 2.10. The lowest BCUT2D eigenvalue weighted by atomic mass is 10.1. The second-order valence-corrected chi connectivity index (χ2v) is 4.64. The van der Waals surface area contributed by atoms with Crippen molar-refractivity contribution in [3.05, 3.63) is 59.2 Å². The molecule has 0 fully saturated rings. The maximum Gasteiger partial charge on any atom is 0.355 e. The van der Waals surface area contributed by atoms with Gasteiger partial charge in [-0.2, -0.15) is 0 Å². The molecule has 0 saturated carbocycles. The van der Waals surface area contributed by atoms with Gasteiger partial charge in [0.2, 0.25) is 0 Å². The van der Waals surface area contributed by atoms with Crippen LogP contribution in [0.2, 0.25) is 0 Å². The van der Waals surface area contributed by atoms with Crippen molar-refractivity contribution >= 4 is 5.97 Å². The van der Waals surface area contributed by atoms with Crippen LogP contribution in [0.15, 0.2) is 36.5 Å². The topological polar surface area (TPSA) is 31.2 Å². The van der Waals surface area contributed by atoms with Crippen molar-refractivity contribution < 1.29 is 13.9 Å². The number of carbonyl (C=O) groups excluding carboxylic acids is 1. The molecular weight excluding hydrogens is 257 g/mol. The molecule has 0 unspecified atom stereocenters. The molecule has 0 atom stereocenters. The van der Waals surface area contributed by atoms with Gasteiger partial charge in [0.05, 0.1) is 6.61 Å². The standard InChI is InChI=1S/C16H18FNO2/c1-3-20-16(19)15-12(2)8-10-18(15)11-9-13-4-6-14(17)7-5-13/h4-8,10H,3,9,11H2,1-2H3. The van der Waals surface area contributed by atoms with Crippen molar-refractivity contribution in [2.24, 2.45) is 0 Å². The van der Waals surface area contributed by atoms with Crippen LogP contribution in [0.1, 0.15) is 28.5 Å². The Morgan fingerprint density at radius 1 is 1.25 bits per heavy atom. The van der Waals surface area contributed by atoms with Crippen molar-refractivity contribution in [1.29, 1.82) is 0 Å². The summed E-state index contributed by atoms with van der Waals surface area (Å²) in [6.07, 6.45) is 2.62. The lowest BCUT2D eigenvalue weighted by Crippen LogP contribution is -2.14. The molecule has 1 aromatic heterocycles. The van der Waals surface area contributed by atoms with Gasteiger partial charge in [-0.1, -0.05) is 12.1 Å². The number of benzene rings is 1. The Hall–Kier alpha value is -2.10. The molecule has 0 aliphatic carbocycles. The predicted molar refractivity (Wildman–Crippen MR) is 75.2 cm³/mol. The minimum absolute atomic E-state index is 0.238. The van der Waals surface area contributed by atoms with Crippen LogP contribution in [-0.4, -0.2) is 17.1 Å². The van der Waals surface area contributed by atoms with Gasteiger partial charge in [-0.05, 0) is 49.6 Å². The summed E-state index contributed by atoms with van der Waals surface area (Å²) >= 11 is 0. The van der Waals surface area contributed by atoms with Crippen LogP contribution in [0.5, 0.6) is 0 Å². The molecule has 1 aromatic carbocycles. The Bertz CT molecular complexity index is 587. The number of ether oxygens (including phenoxy) is 1. The van der Waals surface area contributed by atoms with Gasteiger partial charge >= 0.3 is 5.97 Å². The first-order valence-corrected chi connectivity index (χ1v) is 6.69. The molecular formula is C16H18FNO2. The number of rotatable bonds is 5. The van der Waals surface area contributed by atoms with E-state index in [0.29, 0.717) is 18.8 Å². The van der Waals surface area contributed by atoms with E-state index in [-0.39, 0.29) is 11.8 Å². The number of carbonyl (C=O) groups is 1. The molecule has 0 spiro atoms. The summed E-state index contributed by atoms with van der Waals surface area (Å²) in [4.78, 5) is 11.9. The van der Waals surface area contributed by atoms with E-state index < -0.39 is 0 Å². The number of hydrogen-bond donors (Lipinski definition) is 0. The summed E-state index contributed by atoms with van der Waals surface area (Å²) in [5.74, 6) is -0.535. The number of nitrogens with zero attached hydrogens (tertiary/aromatic N) is 1. The van der Waals surface area contributed by atoms with Gasteiger partial charge in [-0.3, -0.25) is 0 Å². The lowest BCUT2D eigenvalue weighted by Gasteiger charge is -2.09. The molecule has 0 N–H and O–H groups in total. The largest absolute Gasteiger partial charge is 0.461 e. The monoisotopic (exact) mass is 275 g/mol. The zero-order valence-electron chi connectivity index (χ0n) is 11.7. The Kier molecular flexibility index (Phi) is 4.56. The normalized spacial score (nSPS) is 10.6. The van der Waals surface area contributed by atoms with Crippen molar-refractivity contribution in [1.82, 2.24) is 4.57 Å². The van der Waals surface area contributed by atoms with Crippen LogP contribution in [0.4, 0.5) is 4.39 Å². The summed E-state index contributed by atoms with van der Waals surface area (Å²) in [7, 11) is 0. The molecule has 2 rings (SSSR count). The molecule has 106 valence electrons. The number of esters is 1. The molecule has 0 radical (unpaired) electrons. The maximum atomic E-state index is 12.8. The van der Waals surface area contributed by atoms with E-state index in [1.54, 1.807) is 19.1 Å². The molecule has 0 bridgehead atoms. The molecule has 0 aliphatic rings. The molecule has 20 heavy (non-hydrogen) atoms. The van der Waals surface area contributed by atoms with E-state index in [0.717, 1.165) is 17.5 Å². The summed E-state index contributed by atoms with van der Waals surface area (Å²) in [6.45, 7) is 4.70.